The molecule has 0 radical (unpaired) electrons. The van der Waals surface area contributed by atoms with E-state index in [-0.39, 0.29) is 0 Å². The van der Waals surface area contributed by atoms with Crippen molar-refractivity contribution in [3.05, 3.63) is 0 Å². The van der Waals surface area contributed by atoms with E-state index >= 15 is 0 Å². The molecule has 0 aromatic rings. The Bertz CT molecular complexity index is 246. The number of hydrogen-bond donors (Lipinski definition) is 3. The van der Waals surface area contributed by atoms with Gasteiger partial charge in [-0.1, -0.05) is 0 Å². The topological polar surface area (TPSA) is 69.6 Å². The zero-order valence-corrected chi connectivity index (χ0v) is 8.77. The number of hydrogen-bond acceptors (Lipinski definition) is 4. The monoisotopic (exact) mass is 217 g/mol. The lowest BCUT2D eigenvalue weighted by Gasteiger charge is -2.51. The number of carboxylic acids is 1. The highest BCUT2D eigenvalue weighted by atomic mass is 32.2. The molecule has 0 spiro atoms. The molecule has 4 nitrogen and oxygen atoms in total. The van der Waals surface area contributed by atoms with E-state index < -0.39 is 17.0 Å². The summed E-state index contributed by atoms with van der Waals surface area (Å²) in [5.74, 6) is 0.715. The molecule has 2 heterocycles. The zero-order chi connectivity index (χ0) is 10.2. The number of carboxylic acid groups (broad SMARTS) is 1. The highest BCUT2D eigenvalue weighted by molar-refractivity contribution is 7.99. The molecule has 2 rings (SSSR count). The molecule has 5 heteroatoms. The van der Waals surface area contributed by atoms with Gasteiger partial charge in [-0.3, -0.25) is 4.79 Å². The van der Waals surface area contributed by atoms with Gasteiger partial charge in [-0.05, 0) is 18.6 Å². The average molecular weight is 217 g/mol. The Kier molecular flexibility index (Phi) is 2.49. The van der Waals surface area contributed by atoms with E-state index in [4.69, 9.17) is 0 Å². The van der Waals surface area contributed by atoms with Crippen LogP contribution in [0.15, 0.2) is 0 Å². The largest absolute Gasteiger partial charge is 0.481 e. The maximum atomic E-state index is 11.3. The van der Waals surface area contributed by atoms with E-state index in [9.17, 15) is 15.0 Å². The molecule has 1 atom stereocenters. The summed E-state index contributed by atoms with van der Waals surface area (Å²) in [4.78, 5) is 11.3. The Morgan fingerprint density at radius 1 is 1.43 bits per heavy atom. The maximum Gasteiger partial charge on any atom is 0.313 e. The second-order valence-electron chi connectivity index (χ2n) is 4.18. The number of rotatable bonds is 2. The molecule has 2 saturated heterocycles. The van der Waals surface area contributed by atoms with E-state index in [1.54, 1.807) is 11.8 Å². The SMILES string of the molecule is O=C(O)C1(C2(O)CNC2)CCCSC1. The molecule has 0 aromatic heterocycles. The predicted molar refractivity (Wildman–Crippen MR) is 54.4 cm³/mol. The summed E-state index contributed by atoms with van der Waals surface area (Å²) >= 11 is 1.64. The van der Waals surface area contributed by atoms with E-state index in [1.807, 2.05) is 0 Å². The summed E-state index contributed by atoms with van der Waals surface area (Å²) in [6.07, 6.45) is 1.49. The van der Waals surface area contributed by atoms with Crippen molar-refractivity contribution in [2.45, 2.75) is 18.4 Å². The fourth-order valence-corrected chi connectivity index (χ4v) is 3.61. The molecule has 0 aromatic carbocycles. The first-order valence-electron chi connectivity index (χ1n) is 4.85. The van der Waals surface area contributed by atoms with Crippen LogP contribution < -0.4 is 5.32 Å². The summed E-state index contributed by atoms with van der Waals surface area (Å²) in [7, 11) is 0. The lowest BCUT2D eigenvalue weighted by Crippen LogP contribution is -2.72. The van der Waals surface area contributed by atoms with Crippen molar-refractivity contribution in [1.29, 1.82) is 0 Å². The predicted octanol–water partition coefficient (Wildman–Crippen LogP) is -0.0813. The minimum Gasteiger partial charge on any atom is -0.481 e. The van der Waals surface area contributed by atoms with Crippen molar-refractivity contribution >= 4 is 17.7 Å². The highest BCUT2D eigenvalue weighted by Crippen LogP contribution is 2.45. The van der Waals surface area contributed by atoms with Crippen LogP contribution in [0.3, 0.4) is 0 Å². The van der Waals surface area contributed by atoms with Crippen LogP contribution >= 0.6 is 11.8 Å². The lowest BCUT2D eigenvalue weighted by atomic mass is 9.67. The Hall–Kier alpha value is -0.260. The number of aliphatic hydroxyl groups is 1. The fraction of sp³-hybridized carbons (Fsp3) is 0.889. The molecule has 0 amide bonds. The van der Waals surface area contributed by atoms with Gasteiger partial charge in [-0.15, -0.1) is 0 Å². The van der Waals surface area contributed by atoms with Crippen LogP contribution in [0.25, 0.3) is 0 Å². The molecular weight excluding hydrogens is 202 g/mol. The summed E-state index contributed by atoms with van der Waals surface area (Å²) in [6.45, 7) is 0.833. The van der Waals surface area contributed by atoms with Gasteiger partial charge in [0.1, 0.15) is 11.0 Å². The van der Waals surface area contributed by atoms with Gasteiger partial charge in [0.05, 0.1) is 0 Å². The second-order valence-corrected chi connectivity index (χ2v) is 5.28. The quantitative estimate of drug-likeness (QED) is 0.603. The van der Waals surface area contributed by atoms with Crippen LogP contribution in [0.5, 0.6) is 0 Å². The van der Waals surface area contributed by atoms with Gasteiger partial charge in [0.2, 0.25) is 0 Å². The van der Waals surface area contributed by atoms with Crippen molar-refractivity contribution < 1.29 is 15.0 Å². The van der Waals surface area contributed by atoms with Crippen molar-refractivity contribution in [2.75, 3.05) is 24.6 Å². The lowest BCUT2D eigenvalue weighted by molar-refractivity contribution is -0.175. The van der Waals surface area contributed by atoms with Crippen LogP contribution in [0, 0.1) is 5.41 Å². The first kappa shape index (κ1) is 10.3. The van der Waals surface area contributed by atoms with Gasteiger partial charge in [-0.25, -0.2) is 0 Å². The minimum atomic E-state index is -1.02. The number of aliphatic carboxylic acids is 1. The number of carbonyl (C=O) groups is 1. The number of β-amino-alcohol motifs (C(OH)–C–C–N with tert-alkyl or cyclic N) is 1. The van der Waals surface area contributed by atoms with Crippen LogP contribution in [0.1, 0.15) is 12.8 Å². The molecule has 2 fully saturated rings. The first-order chi connectivity index (χ1) is 6.61. The molecule has 0 aliphatic carbocycles. The highest BCUT2D eigenvalue weighted by Gasteiger charge is 2.59. The maximum absolute atomic E-state index is 11.3. The van der Waals surface area contributed by atoms with Gasteiger partial charge in [-0.2, -0.15) is 11.8 Å². The normalized spacial score (nSPS) is 36.1. The van der Waals surface area contributed by atoms with E-state index in [0.717, 1.165) is 12.2 Å². The number of thioether (sulfide) groups is 1. The molecule has 14 heavy (non-hydrogen) atoms. The van der Waals surface area contributed by atoms with Crippen LogP contribution in [-0.4, -0.2) is 46.4 Å². The second kappa shape index (κ2) is 3.40. The molecule has 2 aliphatic heterocycles. The van der Waals surface area contributed by atoms with Gasteiger partial charge >= 0.3 is 5.97 Å². The van der Waals surface area contributed by atoms with Crippen LogP contribution in [0.4, 0.5) is 0 Å². The summed E-state index contributed by atoms with van der Waals surface area (Å²) in [5.41, 5.74) is -1.94. The summed E-state index contributed by atoms with van der Waals surface area (Å²) < 4.78 is 0. The zero-order valence-electron chi connectivity index (χ0n) is 7.95. The van der Waals surface area contributed by atoms with Crippen molar-refractivity contribution in [3.63, 3.8) is 0 Å². The van der Waals surface area contributed by atoms with E-state index in [0.29, 0.717) is 25.3 Å². The third kappa shape index (κ3) is 1.26. The fourth-order valence-electron chi connectivity index (χ4n) is 2.23. The average Bonchev–Trinajstić information content (AvgIpc) is 2.15. The van der Waals surface area contributed by atoms with E-state index in [1.165, 1.54) is 0 Å². The third-order valence-electron chi connectivity index (χ3n) is 3.38. The molecular formula is C9H15NO3S. The Balaban J connectivity index is 2.24. The smallest absolute Gasteiger partial charge is 0.313 e. The van der Waals surface area contributed by atoms with Crippen LogP contribution in [0.2, 0.25) is 0 Å². The molecule has 0 saturated carbocycles. The molecule has 2 aliphatic rings. The third-order valence-corrected chi connectivity index (χ3v) is 4.65. The van der Waals surface area contributed by atoms with E-state index in [2.05, 4.69) is 5.32 Å². The summed E-state index contributed by atoms with van der Waals surface area (Å²) in [5, 5.41) is 22.4. The molecule has 0 bridgehead atoms. The Labute approximate surface area is 87.1 Å². The molecule has 80 valence electrons. The Morgan fingerprint density at radius 3 is 2.50 bits per heavy atom. The number of nitrogens with one attached hydrogen (secondary N) is 1. The van der Waals surface area contributed by atoms with Gasteiger partial charge < -0.3 is 15.5 Å². The molecule has 3 N–H and O–H groups in total. The molecule has 1 unspecified atom stereocenters. The first-order valence-corrected chi connectivity index (χ1v) is 6.00. The van der Waals surface area contributed by atoms with Crippen LogP contribution in [-0.2, 0) is 4.79 Å². The van der Waals surface area contributed by atoms with Gasteiger partial charge in [0.25, 0.3) is 0 Å². The van der Waals surface area contributed by atoms with Gasteiger partial charge in [0.15, 0.2) is 0 Å². The standard InChI is InChI=1S/C9H15NO3S/c11-7(12)8(2-1-3-14-6-8)9(13)4-10-5-9/h10,13H,1-6H2,(H,11,12). The van der Waals surface area contributed by atoms with Crippen molar-refractivity contribution in [1.82, 2.24) is 5.32 Å². The Morgan fingerprint density at radius 2 is 2.14 bits per heavy atom. The minimum absolute atomic E-state index is 0.417. The summed E-state index contributed by atoms with van der Waals surface area (Å²) in [6, 6.07) is 0. The van der Waals surface area contributed by atoms with Crippen molar-refractivity contribution in [2.24, 2.45) is 5.41 Å². The van der Waals surface area contributed by atoms with Gasteiger partial charge in [0, 0.05) is 18.8 Å². The van der Waals surface area contributed by atoms with Crippen molar-refractivity contribution in [3.8, 4) is 0 Å².